The molecule has 0 atom stereocenters. The third-order valence-electron chi connectivity index (χ3n) is 4.87. The lowest BCUT2D eigenvalue weighted by Crippen LogP contribution is -2.41. The van der Waals surface area contributed by atoms with E-state index < -0.39 is 30.0 Å². The molecule has 0 unspecified atom stereocenters. The molecule has 7 heteroatoms. The van der Waals surface area contributed by atoms with Crippen molar-refractivity contribution < 1.29 is 22.8 Å². The summed E-state index contributed by atoms with van der Waals surface area (Å²) >= 11 is 6.07. The van der Waals surface area contributed by atoms with Crippen LogP contribution in [0.15, 0.2) is 36.4 Å². The zero-order valence-electron chi connectivity index (χ0n) is 15.1. The highest BCUT2D eigenvalue weighted by molar-refractivity contribution is 6.63. The molecule has 1 fully saturated rings. The number of hydrogen-bond acceptors (Lipinski definition) is 3. The molecule has 138 valence electrons. The molecule has 1 aliphatic heterocycles. The maximum absolute atomic E-state index is 13.8. The highest BCUT2D eigenvalue weighted by atomic mass is 35.5. The Morgan fingerprint density at radius 1 is 0.962 bits per heavy atom. The van der Waals surface area contributed by atoms with Crippen LogP contribution in [0, 0.1) is 11.6 Å². The third-order valence-corrected chi connectivity index (χ3v) is 5.24. The summed E-state index contributed by atoms with van der Waals surface area (Å²) in [7, 11) is -0.696. The number of rotatable bonds is 4. The van der Waals surface area contributed by atoms with Gasteiger partial charge in [-0.15, -0.1) is 0 Å². The van der Waals surface area contributed by atoms with Crippen molar-refractivity contribution in [2.75, 3.05) is 0 Å². The lowest BCUT2D eigenvalue weighted by Gasteiger charge is -2.32. The molecule has 0 aromatic heterocycles. The molecular formula is C19H20BClF2O3. The molecule has 0 aliphatic carbocycles. The van der Waals surface area contributed by atoms with Gasteiger partial charge in [0.25, 0.3) is 0 Å². The van der Waals surface area contributed by atoms with Gasteiger partial charge in [0.2, 0.25) is 0 Å². The normalized spacial score (nSPS) is 18.2. The molecule has 26 heavy (non-hydrogen) atoms. The summed E-state index contributed by atoms with van der Waals surface area (Å²) in [6.07, 6.45) is 0. The van der Waals surface area contributed by atoms with Gasteiger partial charge < -0.3 is 14.0 Å². The first-order valence-corrected chi connectivity index (χ1v) is 8.69. The predicted molar refractivity (Wildman–Crippen MR) is 97.9 cm³/mol. The van der Waals surface area contributed by atoms with Gasteiger partial charge in [-0.05, 0) is 52.0 Å². The van der Waals surface area contributed by atoms with Crippen LogP contribution in [-0.4, -0.2) is 18.3 Å². The Bertz CT molecular complexity index is 810. The maximum Gasteiger partial charge on any atom is 0.498 e. The van der Waals surface area contributed by atoms with E-state index >= 15 is 0 Å². The molecule has 0 radical (unpaired) electrons. The monoisotopic (exact) mass is 380 g/mol. The topological polar surface area (TPSA) is 27.7 Å². The Balaban J connectivity index is 1.86. The zero-order chi connectivity index (χ0) is 19.1. The van der Waals surface area contributed by atoms with E-state index in [-0.39, 0.29) is 12.4 Å². The minimum absolute atomic E-state index is 0.00739. The average molecular weight is 381 g/mol. The summed E-state index contributed by atoms with van der Waals surface area (Å²) in [5.41, 5.74) is -0.0296. The lowest BCUT2D eigenvalue weighted by molar-refractivity contribution is 0.00578. The van der Waals surface area contributed by atoms with Crippen LogP contribution in [0.25, 0.3) is 0 Å². The summed E-state index contributed by atoms with van der Waals surface area (Å²) in [5.74, 6) is -0.604. The summed E-state index contributed by atoms with van der Waals surface area (Å²) in [6, 6.07) is 8.16. The molecule has 0 amide bonds. The van der Waals surface area contributed by atoms with E-state index in [1.165, 1.54) is 30.3 Å². The van der Waals surface area contributed by atoms with Crippen molar-refractivity contribution in [2.45, 2.75) is 45.5 Å². The van der Waals surface area contributed by atoms with Gasteiger partial charge in [0, 0.05) is 22.1 Å². The summed E-state index contributed by atoms with van der Waals surface area (Å²) in [6.45, 7) is 7.73. The van der Waals surface area contributed by atoms with Crippen LogP contribution >= 0.6 is 11.6 Å². The van der Waals surface area contributed by atoms with Crippen LogP contribution in [0.4, 0.5) is 8.78 Å². The van der Waals surface area contributed by atoms with Crippen LogP contribution in [-0.2, 0) is 15.9 Å². The molecule has 0 spiro atoms. The molecule has 3 nitrogen and oxygen atoms in total. The first-order valence-electron chi connectivity index (χ1n) is 8.31. The van der Waals surface area contributed by atoms with E-state index in [0.717, 1.165) is 0 Å². The molecule has 0 saturated carbocycles. The van der Waals surface area contributed by atoms with Gasteiger partial charge in [0.05, 0.1) is 11.2 Å². The van der Waals surface area contributed by atoms with E-state index in [1.807, 2.05) is 27.7 Å². The average Bonchev–Trinajstić information content (AvgIpc) is 2.76. The Morgan fingerprint density at radius 2 is 1.54 bits per heavy atom. The first-order chi connectivity index (χ1) is 12.1. The predicted octanol–water partition coefficient (Wildman–Crippen LogP) is 4.50. The lowest BCUT2D eigenvalue weighted by atomic mass is 9.78. The number of hydrogen-bond donors (Lipinski definition) is 0. The molecule has 2 aromatic rings. The Labute approximate surface area is 157 Å². The molecule has 1 heterocycles. The van der Waals surface area contributed by atoms with Crippen molar-refractivity contribution in [1.82, 2.24) is 0 Å². The summed E-state index contributed by atoms with van der Waals surface area (Å²) < 4.78 is 44.9. The molecule has 0 bridgehead atoms. The van der Waals surface area contributed by atoms with Crippen molar-refractivity contribution in [1.29, 1.82) is 0 Å². The van der Waals surface area contributed by atoms with Crippen molar-refractivity contribution in [3.8, 4) is 5.75 Å². The molecule has 0 N–H and O–H groups in total. The zero-order valence-corrected chi connectivity index (χ0v) is 15.9. The molecule has 1 saturated heterocycles. The Hall–Kier alpha value is -1.63. The number of benzene rings is 2. The van der Waals surface area contributed by atoms with Gasteiger partial charge in [0.1, 0.15) is 24.0 Å². The van der Waals surface area contributed by atoms with E-state index in [1.54, 1.807) is 6.07 Å². The Kier molecular flexibility index (Phi) is 5.03. The minimum atomic E-state index is -0.696. The molecular weight excluding hydrogens is 360 g/mol. The van der Waals surface area contributed by atoms with Gasteiger partial charge >= 0.3 is 7.12 Å². The fourth-order valence-electron chi connectivity index (χ4n) is 2.61. The summed E-state index contributed by atoms with van der Waals surface area (Å²) in [4.78, 5) is 0. The van der Waals surface area contributed by atoms with E-state index in [9.17, 15) is 8.78 Å². The van der Waals surface area contributed by atoms with Crippen molar-refractivity contribution in [2.24, 2.45) is 0 Å². The third kappa shape index (κ3) is 3.73. The van der Waals surface area contributed by atoms with Gasteiger partial charge in [-0.2, -0.15) is 0 Å². The van der Waals surface area contributed by atoms with Gasteiger partial charge in [-0.3, -0.25) is 0 Å². The van der Waals surface area contributed by atoms with Crippen LogP contribution in [0.1, 0.15) is 33.3 Å². The molecule has 3 rings (SSSR count). The van der Waals surface area contributed by atoms with E-state index in [0.29, 0.717) is 16.0 Å². The largest absolute Gasteiger partial charge is 0.498 e. The molecule has 1 aliphatic rings. The maximum atomic E-state index is 13.8. The van der Waals surface area contributed by atoms with Crippen molar-refractivity contribution in [3.63, 3.8) is 0 Å². The van der Waals surface area contributed by atoms with E-state index in [4.69, 9.17) is 25.6 Å². The van der Waals surface area contributed by atoms with E-state index in [2.05, 4.69) is 0 Å². The fraction of sp³-hybridized carbons (Fsp3) is 0.368. The molecule has 2 aromatic carbocycles. The van der Waals surface area contributed by atoms with Crippen LogP contribution < -0.4 is 10.2 Å². The SMILES string of the molecule is CC1(C)OB(c2ccc(F)cc2OCc2cc(F)ccc2Cl)OC1(C)C. The van der Waals surface area contributed by atoms with Gasteiger partial charge in [-0.25, -0.2) is 8.78 Å². The quantitative estimate of drug-likeness (QED) is 0.731. The van der Waals surface area contributed by atoms with Gasteiger partial charge in [0.15, 0.2) is 0 Å². The second-order valence-corrected chi connectivity index (χ2v) is 7.70. The van der Waals surface area contributed by atoms with Crippen LogP contribution in [0.3, 0.4) is 0 Å². The van der Waals surface area contributed by atoms with Gasteiger partial charge in [-0.1, -0.05) is 17.7 Å². The van der Waals surface area contributed by atoms with Crippen LogP contribution in [0.5, 0.6) is 5.75 Å². The Morgan fingerprint density at radius 3 is 2.19 bits per heavy atom. The van der Waals surface area contributed by atoms with Crippen molar-refractivity contribution >= 4 is 24.2 Å². The second kappa shape index (κ2) is 6.84. The van der Waals surface area contributed by atoms with Crippen LogP contribution in [0.2, 0.25) is 5.02 Å². The standard InChI is InChI=1S/C19H20BClF2O3/c1-18(2)19(3,4)26-20(25-18)15-7-5-14(23)10-17(15)24-11-12-9-13(22)6-8-16(12)21/h5-10H,11H2,1-4H3. The van der Waals surface area contributed by atoms with Crippen molar-refractivity contribution in [3.05, 3.63) is 58.6 Å². The number of ether oxygens (including phenoxy) is 1. The smallest absolute Gasteiger partial charge is 0.489 e. The fourth-order valence-corrected chi connectivity index (χ4v) is 2.78. The highest BCUT2D eigenvalue weighted by Crippen LogP contribution is 2.37. The first kappa shape index (κ1) is 19.1. The highest BCUT2D eigenvalue weighted by Gasteiger charge is 2.52. The minimum Gasteiger partial charge on any atom is -0.489 e. The number of halogens is 3. The summed E-state index contributed by atoms with van der Waals surface area (Å²) in [5, 5.41) is 0.375. The second-order valence-electron chi connectivity index (χ2n) is 7.29.